The van der Waals surface area contributed by atoms with Crippen molar-refractivity contribution < 1.29 is 4.79 Å². The minimum atomic E-state index is -0.316. The number of aromatic nitrogens is 1. The highest BCUT2D eigenvalue weighted by atomic mass is 79.9. The number of halogens is 3. The van der Waals surface area contributed by atoms with Crippen LogP contribution in [0.4, 0.5) is 5.69 Å². The van der Waals surface area contributed by atoms with E-state index in [9.17, 15) is 4.79 Å². The lowest BCUT2D eigenvalue weighted by Gasteiger charge is -2.04. The van der Waals surface area contributed by atoms with E-state index < -0.39 is 0 Å². The first-order valence-corrected chi connectivity index (χ1v) is 5.01. The lowest BCUT2D eigenvalue weighted by molar-refractivity contribution is -0.113. The number of nitrogens with zero attached hydrogens (tertiary/aromatic N) is 1. The zero-order chi connectivity index (χ0) is 9.84. The van der Waals surface area contributed by atoms with Gasteiger partial charge in [0.25, 0.3) is 0 Å². The predicted molar refractivity (Wildman–Crippen MR) is 56.3 cm³/mol. The van der Waals surface area contributed by atoms with E-state index in [0.717, 1.165) is 4.47 Å². The summed E-state index contributed by atoms with van der Waals surface area (Å²) < 4.78 is 0.738. The second-order valence-corrected chi connectivity index (χ2v) is 3.71. The van der Waals surface area contributed by atoms with Crippen LogP contribution in [0.25, 0.3) is 0 Å². The number of amides is 1. The molecular weight excluding hydrogens is 279 g/mol. The maximum atomic E-state index is 10.9. The molecule has 0 fully saturated rings. The van der Waals surface area contributed by atoms with Crippen LogP contribution in [-0.2, 0) is 4.79 Å². The van der Waals surface area contributed by atoms with E-state index in [0.29, 0.717) is 5.69 Å². The zero-order valence-electron chi connectivity index (χ0n) is 6.35. The number of carbonyl (C=O) groups is 1. The van der Waals surface area contributed by atoms with E-state index in [1.54, 1.807) is 12.3 Å². The first-order chi connectivity index (χ1) is 6.13. The van der Waals surface area contributed by atoms with Crippen molar-refractivity contribution in [1.82, 2.24) is 4.98 Å². The Morgan fingerprint density at radius 3 is 3.00 bits per heavy atom. The van der Waals surface area contributed by atoms with Crippen LogP contribution in [0.15, 0.2) is 16.7 Å². The van der Waals surface area contributed by atoms with Crippen molar-refractivity contribution in [3.05, 3.63) is 21.9 Å². The van der Waals surface area contributed by atoms with Crippen LogP contribution >= 0.6 is 39.1 Å². The van der Waals surface area contributed by atoms with Crippen molar-refractivity contribution in [2.24, 2.45) is 0 Å². The Morgan fingerprint density at radius 1 is 1.69 bits per heavy atom. The number of rotatable bonds is 2. The molecule has 0 saturated heterocycles. The van der Waals surface area contributed by atoms with E-state index in [1.165, 1.54) is 0 Å². The second-order valence-electron chi connectivity index (χ2n) is 2.17. The van der Waals surface area contributed by atoms with Gasteiger partial charge in [0.2, 0.25) is 5.91 Å². The summed E-state index contributed by atoms with van der Waals surface area (Å²) in [5.74, 6) is -0.425. The number of pyridine rings is 1. The lowest BCUT2D eigenvalue weighted by atomic mass is 10.4. The summed E-state index contributed by atoms with van der Waals surface area (Å²) in [5, 5.41) is 2.74. The fourth-order valence-corrected chi connectivity index (χ4v) is 1.24. The average molecular weight is 284 g/mol. The summed E-state index contributed by atoms with van der Waals surface area (Å²) in [6.45, 7) is 0. The first-order valence-electron chi connectivity index (χ1n) is 3.30. The van der Waals surface area contributed by atoms with Gasteiger partial charge in [0, 0.05) is 10.7 Å². The molecule has 0 bridgehead atoms. The van der Waals surface area contributed by atoms with Gasteiger partial charge in [-0.3, -0.25) is 4.79 Å². The van der Waals surface area contributed by atoms with Gasteiger partial charge in [-0.1, -0.05) is 11.6 Å². The molecule has 70 valence electrons. The number of anilines is 1. The molecular formula is C7H5BrCl2N2O. The Balaban J connectivity index is 2.87. The molecule has 0 aliphatic heterocycles. The molecule has 0 saturated carbocycles. The van der Waals surface area contributed by atoms with Gasteiger partial charge in [-0.2, -0.15) is 0 Å². The molecule has 1 aromatic rings. The average Bonchev–Trinajstić information content (AvgIpc) is 2.11. The lowest BCUT2D eigenvalue weighted by Crippen LogP contribution is -2.13. The van der Waals surface area contributed by atoms with Crippen LogP contribution in [0.5, 0.6) is 0 Å². The molecule has 1 rings (SSSR count). The third kappa shape index (κ3) is 3.14. The van der Waals surface area contributed by atoms with Crippen molar-refractivity contribution >= 4 is 50.7 Å². The maximum absolute atomic E-state index is 10.9. The van der Waals surface area contributed by atoms with Gasteiger partial charge >= 0.3 is 0 Å². The summed E-state index contributed by atoms with van der Waals surface area (Å²) in [5.41, 5.74) is 0.446. The summed E-state index contributed by atoms with van der Waals surface area (Å²) in [7, 11) is 0. The minimum Gasteiger partial charge on any atom is -0.322 e. The van der Waals surface area contributed by atoms with Crippen molar-refractivity contribution in [2.75, 3.05) is 11.2 Å². The maximum Gasteiger partial charge on any atom is 0.239 e. The van der Waals surface area contributed by atoms with E-state index >= 15 is 0 Å². The van der Waals surface area contributed by atoms with Gasteiger partial charge in [-0.15, -0.1) is 11.6 Å². The Bertz CT molecular complexity index is 332. The van der Waals surface area contributed by atoms with Crippen LogP contribution in [0, 0.1) is 0 Å². The monoisotopic (exact) mass is 282 g/mol. The third-order valence-electron chi connectivity index (χ3n) is 1.20. The molecule has 1 aromatic heterocycles. The summed E-state index contributed by atoms with van der Waals surface area (Å²) in [4.78, 5) is 14.7. The minimum absolute atomic E-state index is 0.108. The first kappa shape index (κ1) is 10.8. The predicted octanol–water partition coefficient (Wildman–Crippen LogP) is 2.67. The van der Waals surface area contributed by atoms with Crippen LogP contribution in [-0.4, -0.2) is 16.8 Å². The molecule has 6 heteroatoms. The summed E-state index contributed by atoms with van der Waals surface area (Å²) >= 11 is 14.2. The number of nitrogens with one attached hydrogen (secondary N) is 1. The molecule has 1 amide bonds. The fraction of sp³-hybridized carbons (Fsp3) is 0.143. The highest BCUT2D eigenvalue weighted by Gasteiger charge is 2.05. The van der Waals surface area contributed by atoms with E-state index in [1.807, 2.05) is 0 Å². The largest absolute Gasteiger partial charge is 0.322 e. The van der Waals surface area contributed by atoms with Gasteiger partial charge in [-0.05, 0) is 22.0 Å². The highest BCUT2D eigenvalue weighted by Crippen LogP contribution is 2.22. The Labute approximate surface area is 93.6 Å². The van der Waals surface area contributed by atoms with E-state index in [4.69, 9.17) is 23.2 Å². The zero-order valence-corrected chi connectivity index (χ0v) is 9.45. The SMILES string of the molecule is O=C(CCl)Nc1cc(Br)cnc1Cl. The van der Waals surface area contributed by atoms with Crippen molar-refractivity contribution in [1.29, 1.82) is 0 Å². The molecule has 1 heterocycles. The van der Waals surface area contributed by atoms with Gasteiger partial charge in [0.1, 0.15) is 5.88 Å². The fourth-order valence-electron chi connectivity index (χ4n) is 0.694. The molecule has 0 atom stereocenters. The molecule has 3 nitrogen and oxygen atoms in total. The Morgan fingerprint density at radius 2 is 2.38 bits per heavy atom. The van der Waals surface area contributed by atoms with Gasteiger partial charge < -0.3 is 5.32 Å². The van der Waals surface area contributed by atoms with Gasteiger partial charge in [-0.25, -0.2) is 4.98 Å². The highest BCUT2D eigenvalue weighted by molar-refractivity contribution is 9.10. The standard InChI is InChI=1S/C7H5BrCl2N2O/c8-4-1-5(7(10)11-3-4)12-6(13)2-9/h1,3H,2H2,(H,12,13). The van der Waals surface area contributed by atoms with E-state index in [-0.39, 0.29) is 16.9 Å². The smallest absolute Gasteiger partial charge is 0.239 e. The normalized spacial score (nSPS) is 9.77. The molecule has 0 spiro atoms. The molecule has 0 aliphatic carbocycles. The number of alkyl halides is 1. The van der Waals surface area contributed by atoms with Crippen molar-refractivity contribution in [2.45, 2.75) is 0 Å². The van der Waals surface area contributed by atoms with Crippen LogP contribution in [0.3, 0.4) is 0 Å². The Hall–Kier alpha value is -0.320. The van der Waals surface area contributed by atoms with Gasteiger partial charge in [0.05, 0.1) is 5.69 Å². The molecule has 13 heavy (non-hydrogen) atoms. The number of hydrogen-bond donors (Lipinski definition) is 1. The van der Waals surface area contributed by atoms with Gasteiger partial charge in [0.15, 0.2) is 5.15 Å². The summed E-state index contributed by atoms with van der Waals surface area (Å²) in [6, 6.07) is 1.65. The molecule has 1 N–H and O–H groups in total. The van der Waals surface area contributed by atoms with Crippen molar-refractivity contribution in [3.63, 3.8) is 0 Å². The van der Waals surface area contributed by atoms with Crippen LogP contribution in [0.1, 0.15) is 0 Å². The molecule has 0 radical (unpaired) electrons. The number of carbonyl (C=O) groups excluding carboxylic acids is 1. The quantitative estimate of drug-likeness (QED) is 0.670. The second kappa shape index (κ2) is 4.79. The molecule has 0 unspecified atom stereocenters. The summed E-state index contributed by atoms with van der Waals surface area (Å²) in [6.07, 6.45) is 1.54. The van der Waals surface area contributed by atoms with Crippen LogP contribution in [0.2, 0.25) is 5.15 Å². The van der Waals surface area contributed by atoms with E-state index in [2.05, 4.69) is 26.2 Å². The van der Waals surface area contributed by atoms with Crippen LogP contribution < -0.4 is 5.32 Å². The van der Waals surface area contributed by atoms with Crippen molar-refractivity contribution in [3.8, 4) is 0 Å². The Kier molecular flexibility index (Phi) is 3.96. The topological polar surface area (TPSA) is 42.0 Å². The third-order valence-corrected chi connectivity index (χ3v) is 2.18. The number of hydrogen-bond acceptors (Lipinski definition) is 2. The molecule has 0 aliphatic rings. The molecule has 0 aromatic carbocycles.